The zero-order valence-electron chi connectivity index (χ0n) is 14.5. The molecule has 1 N–H and O–H groups in total. The molecule has 5 heteroatoms. The van der Waals surface area contributed by atoms with E-state index in [2.05, 4.69) is 0 Å². The van der Waals surface area contributed by atoms with Crippen molar-refractivity contribution in [3.8, 4) is 0 Å². The molecular weight excluding hydrogens is 320 g/mol. The molecule has 25 heavy (non-hydrogen) atoms. The van der Waals surface area contributed by atoms with Crippen LogP contribution in [-0.2, 0) is 25.7 Å². The van der Waals surface area contributed by atoms with Crippen molar-refractivity contribution < 1.29 is 24.2 Å². The van der Waals surface area contributed by atoms with Gasteiger partial charge in [-0.1, -0.05) is 30.3 Å². The Morgan fingerprint density at radius 1 is 1.12 bits per heavy atom. The van der Waals surface area contributed by atoms with Crippen molar-refractivity contribution in [3.63, 3.8) is 0 Å². The third kappa shape index (κ3) is 7.18. The van der Waals surface area contributed by atoms with Gasteiger partial charge in [0.1, 0.15) is 11.6 Å². The molecular formula is C20H26O5. The minimum absolute atomic E-state index is 0.0164. The number of rotatable bonds is 10. The molecule has 0 radical (unpaired) electrons. The first-order valence-electron chi connectivity index (χ1n) is 8.96. The average molecular weight is 346 g/mol. The highest BCUT2D eigenvalue weighted by atomic mass is 16.5. The van der Waals surface area contributed by atoms with Crippen LogP contribution in [0, 0.1) is 5.92 Å². The Balaban J connectivity index is 1.72. The van der Waals surface area contributed by atoms with E-state index in [-0.39, 0.29) is 36.4 Å². The van der Waals surface area contributed by atoms with Gasteiger partial charge in [0.05, 0.1) is 12.7 Å². The van der Waals surface area contributed by atoms with E-state index in [0.717, 1.165) is 12.0 Å². The monoisotopic (exact) mass is 346 g/mol. The Bertz CT molecular complexity index is 581. The van der Waals surface area contributed by atoms with E-state index in [1.54, 1.807) is 0 Å². The van der Waals surface area contributed by atoms with Gasteiger partial charge in [0.15, 0.2) is 0 Å². The molecule has 136 valence electrons. The van der Waals surface area contributed by atoms with E-state index in [4.69, 9.17) is 9.84 Å². The summed E-state index contributed by atoms with van der Waals surface area (Å²) >= 11 is 0. The van der Waals surface area contributed by atoms with Crippen LogP contribution in [0.4, 0.5) is 0 Å². The van der Waals surface area contributed by atoms with Gasteiger partial charge in [0.2, 0.25) is 0 Å². The van der Waals surface area contributed by atoms with Crippen LogP contribution in [0.15, 0.2) is 30.3 Å². The smallest absolute Gasteiger partial charge is 0.303 e. The van der Waals surface area contributed by atoms with Crippen LogP contribution in [0.1, 0.15) is 56.9 Å². The average Bonchev–Trinajstić information content (AvgIpc) is 2.60. The molecule has 2 unspecified atom stereocenters. The molecule has 0 saturated heterocycles. The van der Waals surface area contributed by atoms with Crippen molar-refractivity contribution >= 4 is 17.5 Å². The van der Waals surface area contributed by atoms with Gasteiger partial charge >= 0.3 is 5.97 Å². The van der Waals surface area contributed by atoms with Crippen molar-refractivity contribution in [2.45, 2.75) is 64.1 Å². The second kappa shape index (κ2) is 10.1. The third-order valence-corrected chi connectivity index (χ3v) is 4.61. The number of carboxylic acids is 1. The highest BCUT2D eigenvalue weighted by Gasteiger charge is 2.30. The summed E-state index contributed by atoms with van der Waals surface area (Å²) in [5.74, 6) is -0.888. The topological polar surface area (TPSA) is 80.7 Å². The fraction of sp³-hybridized carbons (Fsp3) is 0.550. The maximum absolute atomic E-state index is 12.1. The van der Waals surface area contributed by atoms with Crippen molar-refractivity contribution in [1.29, 1.82) is 0 Å². The van der Waals surface area contributed by atoms with E-state index < -0.39 is 5.97 Å². The van der Waals surface area contributed by atoms with Gasteiger partial charge in [0.25, 0.3) is 0 Å². The van der Waals surface area contributed by atoms with Gasteiger partial charge in [-0.15, -0.1) is 0 Å². The Kier molecular flexibility index (Phi) is 7.79. The number of Topliss-reactive ketones (excluding diaryl/α,β-unsaturated/α-hetero) is 2. The number of ketones is 2. The fourth-order valence-electron chi connectivity index (χ4n) is 3.19. The Morgan fingerprint density at radius 3 is 2.56 bits per heavy atom. The van der Waals surface area contributed by atoms with Gasteiger partial charge in [-0.2, -0.15) is 0 Å². The molecule has 1 aromatic carbocycles. The van der Waals surface area contributed by atoms with Crippen molar-refractivity contribution in [2.75, 3.05) is 0 Å². The summed E-state index contributed by atoms with van der Waals surface area (Å²) in [5.41, 5.74) is 1.10. The molecule has 1 aliphatic carbocycles. The molecule has 0 aliphatic heterocycles. The molecule has 1 aromatic rings. The maximum atomic E-state index is 12.1. The van der Waals surface area contributed by atoms with Gasteiger partial charge in [-0.25, -0.2) is 0 Å². The normalized spacial score (nSPS) is 20.4. The summed E-state index contributed by atoms with van der Waals surface area (Å²) in [5, 5.41) is 8.59. The van der Waals surface area contributed by atoms with Crippen molar-refractivity contribution in [2.24, 2.45) is 5.92 Å². The van der Waals surface area contributed by atoms with E-state index in [9.17, 15) is 14.4 Å². The highest BCUT2D eigenvalue weighted by Crippen LogP contribution is 2.27. The van der Waals surface area contributed by atoms with Crippen LogP contribution in [0.5, 0.6) is 0 Å². The summed E-state index contributed by atoms with van der Waals surface area (Å²) in [6.07, 6.45) is 3.58. The Labute approximate surface area is 148 Å². The quantitative estimate of drug-likeness (QED) is 0.655. The van der Waals surface area contributed by atoms with Crippen LogP contribution in [0.2, 0.25) is 0 Å². The zero-order chi connectivity index (χ0) is 18.1. The molecule has 0 amide bonds. The third-order valence-electron chi connectivity index (χ3n) is 4.61. The Morgan fingerprint density at radius 2 is 1.84 bits per heavy atom. The van der Waals surface area contributed by atoms with Crippen LogP contribution in [0.3, 0.4) is 0 Å². The molecule has 0 spiro atoms. The van der Waals surface area contributed by atoms with E-state index in [1.807, 2.05) is 30.3 Å². The lowest BCUT2D eigenvalue weighted by Crippen LogP contribution is -2.31. The highest BCUT2D eigenvalue weighted by molar-refractivity contribution is 5.88. The summed E-state index contributed by atoms with van der Waals surface area (Å²) in [7, 11) is 0. The number of benzene rings is 1. The number of unbranched alkanes of at least 4 members (excludes halogenated alkanes) is 1. The van der Waals surface area contributed by atoms with Gasteiger partial charge in [-0.3, -0.25) is 14.4 Å². The van der Waals surface area contributed by atoms with Crippen LogP contribution < -0.4 is 0 Å². The van der Waals surface area contributed by atoms with Crippen LogP contribution in [-0.4, -0.2) is 28.7 Å². The lowest BCUT2D eigenvalue weighted by Gasteiger charge is -2.28. The second-order valence-corrected chi connectivity index (χ2v) is 6.70. The van der Waals surface area contributed by atoms with Gasteiger partial charge < -0.3 is 9.84 Å². The molecule has 2 rings (SSSR count). The summed E-state index contributed by atoms with van der Waals surface area (Å²) < 4.78 is 5.93. The SMILES string of the molecule is O=C(O)CCCCC(=O)CC1CC(OCc2ccccc2)CCC1=O. The molecule has 1 aliphatic rings. The fourth-order valence-corrected chi connectivity index (χ4v) is 3.19. The predicted octanol–water partition coefficient (Wildman–Crippen LogP) is 3.55. The number of hydrogen-bond acceptors (Lipinski definition) is 4. The summed E-state index contributed by atoms with van der Waals surface area (Å²) in [4.78, 5) is 34.6. The Hall–Kier alpha value is -2.01. The number of hydrogen-bond donors (Lipinski definition) is 1. The van der Waals surface area contributed by atoms with Crippen LogP contribution in [0.25, 0.3) is 0 Å². The largest absolute Gasteiger partial charge is 0.481 e. The van der Waals surface area contributed by atoms with Gasteiger partial charge in [0, 0.05) is 31.6 Å². The number of carbonyl (C=O) groups excluding carboxylic acids is 2. The lowest BCUT2D eigenvalue weighted by atomic mass is 9.82. The first-order valence-corrected chi connectivity index (χ1v) is 8.96. The zero-order valence-corrected chi connectivity index (χ0v) is 14.5. The van der Waals surface area contributed by atoms with E-state index in [1.165, 1.54) is 0 Å². The lowest BCUT2D eigenvalue weighted by molar-refractivity contribution is -0.137. The second-order valence-electron chi connectivity index (χ2n) is 6.70. The summed E-state index contributed by atoms with van der Waals surface area (Å²) in [6, 6.07) is 9.91. The molecule has 0 heterocycles. The number of carboxylic acid groups (broad SMARTS) is 1. The molecule has 1 saturated carbocycles. The molecule has 2 atom stereocenters. The minimum atomic E-state index is -0.840. The molecule has 1 fully saturated rings. The molecule has 5 nitrogen and oxygen atoms in total. The minimum Gasteiger partial charge on any atom is -0.481 e. The van der Waals surface area contributed by atoms with Gasteiger partial charge in [-0.05, 0) is 31.2 Å². The number of carbonyl (C=O) groups is 3. The number of ether oxygens (including phenoxy) is 1. The molecule has 0 aromatic heterocycles. The van der Waals surface area contributed by atoms with Crippen LogP contribution >= 0.6 is 0 Å². The molecule has 0 bridgehead atoms. The number of aliphatic carboxylic acids is 1. The maximum Gasteiger partial charge on any atom is 0.303 e. The van der Waals surface area contributed by atoms with Crippen molar-refractivity contribution in [1.82, 2.24) is 0 Å². The van der Waals surface area contributed by atoms with E-state index >= 15 is 0 Å². The first-order chi connectivity index (χ1) is 12.0. The first kappa shape index (κ1) is 19.3. The predicted molar refractivity (Wildman–Crippen MR) is 93.1 cm³/mol. The summed E-state index contributed by atoms with van der Waals surface area (Å²) in [6.45, 7) is 0.523. The van der Waals surface area contributed by atoms with Crippen molar-refractivity contribution in [3.05, 3.63) is 35.9 Å². The standard InChI is InChI=1S/C20H26O5/c21-17(8-4-5-9-20(23)24)12-16-13-18(10-11-19(16)22)25-14-15-6-2-1-3-7-15/h1-3,6-7,16,18H,4-5,8-14H2,(H,23,24). The van der Waals surface area contributed by atoms with E-state index in [0.29, 0.717) is 38.7 Å².